The minimum Gasteiger partial charge on any atom is -0.468 e. The predicted octanol–water partition coefficient (Wildman–Crippen LogP) is -0.0916. The van der Waals surface area contributed by atoms with E-state index in [1.165, 1.54) is 7.11 Å². The number of esters is 1. The number of β-amino-alcohol motifs (C(OH)–C–C–N with tert-alkyl or cyclic N) is 1. The average Bonchev–Trinajstić information content (AvgIpc) is 2.54. The van der Waals surface area contributed by atoms with Crippen molar-refractivity contribution in [3.05, 3.63) is 0 Å². The van der Waals surface area contributed by atoms with Crippen molar-refractivity contribution in [1.82, 2.24) is 5.32 Å². The number of carbonyl (C=O) groups excluding carboxylic acids is 1. The Hall–Kier alpha value is -0.610. The van der Waals surface area contributed by atoms with Gasteiger partial charge in [0.05, 0.1) is 13.2 Å². The lowest BCUT2D eigenvalue weighted by molar-refractivity contribution is -0.142. The Morgan fingerprint density at radius 3 is 2.50 bits per heavy atom. The number of aliphatic hydroxyl groups is 1. The van der Waals surface area contributed by atoms with Gasteiger partial charge in [0.25, 0.3) is 0 Å². The van der Waals surface area contributed by atoms with Gasteiger partial charge in [-0.15, -0.1) is 0 Å². The van der Waals surface area contributed by atoms with E-state index in [0.717, 1.165) is 0 Å². The third kappa shape index (κ3) is 3.19. The largest absolute Gasteiger partial charge is 0.468 e. The molecule has 4 heteroatoms. The highest BCUT2D eigenvalue weighted by Crippen LogP contribution is 2.06. The lowest BCUT2D eigenvalue weighted by atomic mass is 10.2. The molecule has 0 saturated carbocycles. The van der Waals surface area contributed by atoms with Crippen molar-refractivity contribution in [3.63, 3.8) is 0 Å². The molecule has 0 aromatic heterocycles. The van der Waals surface area contributed by atoms with Crippen molar-refractivity contribution in [3.8, 4) is 0 Å². The smallest absolute Gasteiger partial charge is 0.322 e. The number of aliphatic hydroxyl groups excluding tert-OH is 1. The standard InChI is InChI=1S/C6H11NO3.C2H6/c1-10-6(9)5-2-4(8)3-7-5;1-2/h4-5,7-8H,2-3H2,1H3;1-2H3. The van der Waals surface area contributed by atoms with E-state index >= 15 is 0 Å². The molecule has 0 aliphatic carbocycles. The van der Waals surface area contributed by atoms with Crippen LogP contribution in [-0.4, -0.2) is 36.9 Å². The van der Waals surface area contributed by atoms with Crippen LogP contribution < -0.4 is 5.32 Å². The number of hydrogen-bond acceptors (Lipinski definition) is 4. The molecule has 0 aromatic carbocycles. The number of hydrogen-bond donors (Lipinski definition) is 2. The molecule has 2 atom stereocenters. The molecular weight excluding hydrogens is 158 g/mol. The molecule has 0 amide bonds. The summed E-state index contributed by atoms with van der Waals surface area (Å²) in [7, 11) is 1.34. The molecule has 4 nitrogen and oxygen atoms in total. The van der Waals surface area contributed by atoms with Crippen molar-refractivity contribution in [2.45, 2.75) is 32.4 Å². The number of carbonyl (C=O) groups is 1. The summed E-state index contributed by atoms with van der Waals surface area (Å²) >= 11 is 0. The first kappa shape index (κ1) is 11.4. The first-order chi connectivity index (χ1) is 5.74. The highest BCUT2D eigenvalue weighted by molar-refractivity contribution is 5.76. The molecule has 1 aliphatic rings. The minimum atomic E-state index is -0.399. The SMILES string of the molecule is CC.COC(=O)C1CC(O)CN1. The molecule has 1 rings (SSSR count). The Labute approximate surface area is 72.9 Å². The molecule has 0 bridgehead atoms. The van der Waals surface area contributed by atoms with Crippen LogP contribution in [0, 0.1) is 0 Å². The van der Waals surface area contributed by atoms with Gasteiger partial charge in [0.2, 0.25) is 0 Å². The zero-order chi connectivity index (χ0) is 9.56. The van der Waals surface area contributed by atoms with Crippen molar-refractivity contribution >= 4 is 5.97 Å². The van der Waals surface area contributed by atoms with Crippen LogP contribution in [-0.2, 0) is 9.53 Å². The second kappa shape index (κ2) is 5.97. The van der Waals surface area contributed by atoms with Crippen molar-refractivity contribution in [2.24, 2.45) is 0 Å². The van der Waals surface area contributed by atoms with Crippen LogP contribution in [0.2, 0.25) is 0 Å². The summed E-state index contributed by atoms with van der Waals surface area (Å²) in [4.78, 5) is 10.8. The molecule has 1 aliphatic heterocycles. The fourth-order valence-electron chi connectivity index (χ4n) is 1.04. The Morgan fingerprint density at radius 1 is 1.58 bits per heavy atom. The Kier molecular flexibility index (Phi) is 5.66. The lowest BCUT2D eigenvalue weighted by Gasteiger charge is -2.05. The van der Waals surface area contributed by atoms with Gasteiger partial charge in [0.1, 0.15) is 6.04 Å². The molecule has 2 unspecified atom stereocenters. The van der Waals surface area contributed by atoms with Gasteiger partial charge in [-0.3, -0.25) is 4.79 Å². The summed E-state index contributed by atoms with van der Waals surface area (Å²) in [6, 6.07) is -0.306. The van der Waals surface area contributed by atoms with E-state index in [0.29, 0.717) is 13.0 Å². The maximum atomic E-state index is 10.8. The van der Waals surface area contributed by atoms with Crippen LogP contribution in [0.25, 0.3) is 0 Å². The van der Waals surface area contributed by atoms with Gasteiger partial charge in [-0.25, -0.2) is 0 Å². The molecule has 12 heavy (non-hydrogen) atoms. The van der Waals surface area contributed by atoms with Crippen molar-refractivity contribution in [1.29, 1.82) is 0 Å². The summed E-state index contributed by atoms with van der Waals surface area (Å²) in [6.45, 7) is 4.49. The van der Waals surface area contributed by atoms with Crippen LogP contribution in [0.4, 0.5) is 0 Å². The second-order valence-corrected chi connectivity index (χ2v) is 2.37. The Bertz CT molecular complexity index is 138. The van der Waals surface area contributed by atoms with Crippen LogP contribution >= 0.6 is 0 Å². The highest BCUT2D eigenvalue weighted by atomic mass is 16.5. The van der Waals surface area contributed by atoms with E-state index in [-0.39, 0.29) is 12.0 Å². The summed E-state index contributed by atoms with van der Waals surface area (Å²) in [6.07, 6.45) is 0.0660. The fourth-order valence-corrected chi connectivity index (χ4v) is 1.04. The number of nitrogens with one attached hydrogen (secondary N) is 1. The van der Waals surface area contributed by atoms with Crippen LogP contribution in [0.3, 0.4) is 0 Å². The summed E-state index contributed by atoms with van der Waals surface area (Å²) in [5.74, 6) is -0.295. The molecule has 1 saturated heterocycles. The van der Waals surface area contributed by atoms with Gasteiger partial charge in [0, 0.05) is 13.0 Å². The first-order valence-electron chi connectivity index (χ1n) is 4.23. The van der Waals surface area contributed by atoms with E-state index in [4.69, 9.17) is 5.11 Å². The molecule has 0 spiro atoms. The third-order valence-electron chi connectivity index (χ3n) is 1.59. The maximum absolute atomic E-state index is 10.8. The van der Waals surface area contributed by atoms with Gasteiger partial charge in [-0.05, 0) is 0 Å². The van der Waals surface area contributed by atoms with Crippen molar-refractivity contribution < 1.29 is 14.6 Å². The van der Waals surface area contributed by atoms with Gasteiger partial charge < -0.3 is 15.2 Å². The van der Waals surface area contributed by atoms with Crippen molar-refractivity contribution in [2.75, 3.05) is 13.7 Å². The fraction of sp³-hybridized carbons (Fsp3) is 0.875. The Balaban J connectivity index is 0.000000561. The van der Waals surface area contributed by atoms with Crippen LogP contribution in [0.1, 0.15) is 20.3 Å². The minimum absolute atomic E-state index is 0.295. The van der Waals surface area contributed by atoms with Gasteiger partial charge in [0.15, 0.2) is 0 Å². The molecule has 0 radical (unpaired) electrons. The molecule has 72 valence electrons. The van der Waals surface area contributed by atoms with Crippen LogP contribution in [0.5, 0.6) is 0 Å². The zero-order valence-electron chi connectivity index (χ0n) is 7.83. The second-order valence-electron chi connectivity index (χ2n) is 2.37. The predicted molar refractivity (Wildman–Crippen MR) is 45.8 cm³/mol. The van der Waals surface area contributed by atoms with E-state index < -0.39 is 6.10 Å². The quantitative estimate of drug-likeness (QED) is 0.547. The van der Waals surface area contributed by atoms with Crippen LogP contribution in [0.15, 0.2) is 0 Å². The summed E-state index contributed by atoms with van der Waals surface area (Å²) < 4.78 is 4.47. The molecule has 0 aromatic rings. The first-order valence-corrected chi connectivity index (χ1v) is 4.23. The van der Waals surface area contributed by atoms with E-state index in [1.54, 1.807) is 0 Å². The molecule has 1 heterocycles. The van der Waals surface area contributed by atoms with E-state index in [1.807, 2.05) is 13.8 Å². The maximum Gasteiger partial charge on any atom is 0.322 e. The Morgan fingerprint density at radius 2 is 2.17 bits per heavy atom. The zero-order valence-corrected chi connectivity index (χ0v) is 7.83. The lowest BCUT2D eigenvalue weighted by Crippen LogP contribution is -2.31. The average molecular weight is 175 g/mol. The van der Waals surface area contributed by atoms with E-state index in [2.05, 4.69) is 10.1 Å². The topological polar surface area (TPSA) is 58.6 Å². The number of rotatable bonds is 1. The van der Waals surface area contributed by atoms with Gasteiger partial charge in [-0.2, -0.15) is 0 Å². The monoisotopic (exact) mass is 175 g/mol. The number of ether oxygens (including phenoxy) is 1. The summed E-state index contributed by atoms with van der Waals surface area (Å²) in [5.41, 5.74) is 0. The molecule has 1 fully saturated rings. The third-order valence-corrected chi connectivity index (χ3v) is 1.59. The summed E-state index contributed by atoms with van der Waals surface area (Å²) in [5, 5.41) is 11.8. The normalized spacial score (nSPS) is 27.3. The molecular formula is C8H17NO3. The highest BCUT2D eigenvalue weighted by Gasteiger charge is 2.28. The van der Waals surface area contributed by atoms with E-state index in [9.17, 15) is 4.79 Å². The van der Waals surface area contributed by atoms with Gasteiger partial charge >= 0.3 is 5.97 Å². The molecule has 2 N–H and O–H groups in total. The van der Waals surface area contributed by atoms with Gasteiger partial charge in [-0.1, -0.05) is 13.8 Å². The number of methoxy groups -OCH3 is 1.